The summed E-state index contributed by atoms with van der Waals surface area (Å²) in [7, 11) is 0. The van der Waals surface area contributed by atoms with E-state index in [9.17, 15) is 0 Å². The maximum absolute atomic E-state index is 6.05. The molecule has 3 N–H and O–H groups in total. The van der Waals surface area contributed by atoms with Gasteiger partial charge in [0.05, 0.1) is 25.9 Å². The summed E-state index contributed by atoms with van der Waals surface area (Å²) >= 11 is 0. The van der Waals surface area contributed by atoms with Crippen molar-refractivity contribution in [3.05, 3.63) is 23.4 Å². The lowest BCUT2D eigenvalue weighted by atomic mass is 9.97. The summed E-state index contributed by atoms with van der Waals surface area (Å²) in [5.41, 5.74) is 8.22. The van der Waals surface area contributed by atoms with Crippen LogP contribution in [0.25, 0.3) is 0 Å². The van der Waals surface area contributed by atoms with Crippen LogP contribution in [-0.2, 0) is 9.47 Å². The van der Waals surface area contributed by atoms with Crippen molar-refractivity contribution in [2.45, 2.75) is 32.4 Å². The highest BCUT2D eigenvalue weighted by Crippen LogP contribution is 2.28. The molecule has 0 aliphatic carbocycles. The second kappa shape index (κ2) is 6.84. The van der Waals surface area contributed by atoms with Gasteiger partial charge in [0.1, 0.15) is 11.9 Å². The van der Waals surface area contributed by atoms with Gasteiger partial charge in [-0.3, -0.25) is 0 Å². The van der Waals surface area contributed by atoms with E-state index in [2.05, 4.69) is 24.1 Å². The van der Waals surface area contributed by atoms with E-state index in [1.165, 1.54) is 0 Å². The van der Waals surface area contributed by atoms with Crippen LogP contribution < -0.4 is 11.1 Å². The van der Waals surface area contributed by atoms with Gasteiger partial charge >= 0.3 is 0 Å². The fraction of sp³-hybridized carbons (Fsp3) is 0.643. The Morgan fingerprint density at radius 1 is 1.53 bits per heavy atom. The van der Waals surface area contributed by atoms with Crippen molar-refractivity contribution >= 4 is 5.82 Å². The molecule has 1 aliphatic heterocycles. The molecule has 1 aromatic rings. The Morgan fingerprint density at radius 3 is 3.00 bits per heavy atom. The maximum atomic E-state index is 6.05. The third-order valence-corrected chi connectivity index (χ3v) is 3.38. The van der Waals surface area contributed by atoms with Crippen molar-refractivity contribution in [1.29, 1.82) is 0 Å². The molecule has 1 aliphatic rings. The second-order valence-corrected chi connectivity index (χ2v) is 4.84. The number of anilines is 1. The first-order valence-corrected chi connectivity index (χ1v) is 6.87. The molecule has 0 amide bonds. The van der Waals surface area contributed by atoms with Crippen molar-refractivity contribution in [2.24, 2.45) is 0 Å². The van der Waals surface area contributed by atoms with Crippen LogP contribution in [0.1, 0.15) is 30.5 Å². The van der Waals surface area contributed by atoms with E-state index in [1.54, 1.807) is 6.20 Å². The highest BCUT2D eigenvalue weighted by atomic mass is 16.6. The summed E-state index contributed by atoms with van der Waals surface area (Å²) in [5.74, 6) is 0.572. The number of hydrogen-bond donors (Lipinski definition) is 2. The van der Waals surface area contributed by atoms with E-state index < -0.39 is 0 Å². The molecule has 2 atom stereocenters. The zero-order chi connectivity index (χ0) is 13.7. The standard InChI is InChI=1S/C14H23N3O2/c1-3-5-16-13(11-9-18-7-8-19-11)12-10(2)4-6-17-14(12)15/h4,6,11,13,16H,3,5,7-9H2,1-2H3,(H2,15,17). The summed E-state index contributed by atoms with van der Waals surface area (Å²) < 4.78 is 11.3. The Balaban J connectivity index is 2.25. The van der Waals surface area contributed by atoms with Crippen LogP contribution in [0.5, 0.6) is 0 Å². The Morgan fingerprint density at radius 2 is 2.37 bits per heavy atom. The van der Waals surface area contributed by atoms with Crippen LogP contribution in [0.15, 0.2) is 12.3 Å². The molecule has 2 heterocycles. The minimum Gasteiger partial charge on any atom is -0.383 e. The maximum Gasteiger partial charge on any atom is 0.128 e. The van der Waals surface area contributed by atoms with Gasteiger partial charge in [-0.1, -0.05) is 6.92 Å². The molecule has 0 aromatic carbocycles. The lowest BCUT2D eigenvalue weighted by Gasteiger charge is -2.32. The summed E-state index contributed by atoms with van der Waals surface area (Å²) in [6, 6.07) is 2.02. The van der Waals surface area contributed by atoms with Crippen molar-refractivity contribution in [3.8, 4) is 0 Å². The lowest BCUT2D eigenvalue weighted by molar-refractivity contribution is -0.102. The Labute approximate surface area is 114 Å². The first-order valence-electron chi connectivity index (χ1n) is 6.87. The fourth-order valence-electron chi connectivity index (χ4n) is 2.41. The number of rotatable bonds is 5. The molecule has 2 rings (SSSR count). The molecule has 0 bridgehead atoms. The van der Waals surface area contributed by atoms with Crippen LogP contribution in [0.4, 0.5) is 5.82 Å². The topological polar surface area (TPSA) is 69.4 Å². The van der Waals surface area contributed by atoms with Crippen LogP contribution in [0.2, 0.25) is 0 Å². The van der Waals surface area contributed by atoms with Gasteiger partial charge in [0.25, 0.3) is 0 Å². The van der Waals surface area contributed by atoms with Gasteiger partial charge in [0, 0.05) is 11.8 Å². The summed E-state index contributed by atoms with van der Waals surface area (Å²) in [4.78, 5) is 4.21. The molecular weight excluding hydrogens is 242 g/mol. The average molecular weight is 265 g/mol. The minimum absolute atomic E-state index is 0.00880. The highest BCUT2D eigenvalue weighted by Gasteiger charge is 2.29. The number of hydrogen-bond acceptors (Lipinski definition) is 5. The molecular formula is C14H23N3O2. The average Bonchev–Trinajstić information content (AvgIpc) is 2.43. The third kappa shape index (κ3) is 3.43. The normalized spacial score (nSPS) is 21.3. The predicted octanol–water partition coefficient (Wildman–Crippen LogP) is 1.43. The number of aryl methyl sites for hydroxylation is 1. The molecule has 0 radical (unpaired) electrons. The first-order chi connectivity index (χ1) is 9.24. The van der Waals surface area contributed by atoms with E-state index in [4.69, 9.17) is 15.2 Å². The number of aromatic nitrogens is 1. The van der Waals surface area contributed by atoms with Gasteiger partial charge in [-0.2, -0.15) is 0 Å². The zero-order valence-electron chi connectivity index (χ0n) is 11.7. The minimum atomic E-state index is -0.00880. The molecule has 106 valence electrons. The first kappa shape index (κ1) is 14.2. The quantitative estimate of drug-likeness (QED) is 0.843. The smallest absolute Gasteiger partial charge is 0.128 e. The van der Waals surface area contributed by atoms with Crippen LogP contribution in [-0.4, -0.2) is 37.5 Å². The Kier molecular flexibility index (Phi) is 5.13. The van der Waals surface area contributed by atoms with Crippen LogP contribution in [0.3, 0.4) is 0 Å². The van der Waals surface area contributed by atoms with Crippen molar-refractivity contribution < 1.29 is 9.47 Å². The van der Waals surface area contributed by atoms with Crippen LogP contribution >= 0.6 is 0 Å². The number of ether oxygens (including phenoxy) is 2. The molecule has 1 saturated heterocycles. The van der Waals surface area contributed by atoms with Crippen LogP contribution in [0, 0.1) is 6.92 Å². The van der Waals surface area contributed by atoms with Gasteiger partial charge in [-0.15, -0.1) is 0 Å². The zero-order valence-corrected chi connectivity index (χ0v) is 11.7. The summed E-state index contributed by atoms with van der Waals surface area (Å²) in [6.07, 6.45) is 2.79. The van der Waals surface area contributed by atoms with E-state index >= 15 is 0 Å². The summed E-state index contributed by atoms with van der Waals surface area (Å²) in [6.45, 7) is 7.00. The molecule has 5 nitrogen and oxygen atoms in total. The number of nitrogens with two attached hydrogens (primary N) is 1. The van der Waals surface area contributed by atoms with Crippen molar-refractivity contribution in [1.82, 2.24) is 10.3 Å². The monoisotopic (exact) mass is 265 g/mol. The Hall–Kier alpha value is -1.17. The largest absolute Gasteiger partial charge is 0.383 e. The highest BCUT2D eigenvalue weighted by molar-refractivity contribution is 5.46. The fourth-order valence-corrected chi connectivity index (χ4v) is 2.41. The lowest BCUT2D eigenvalue weighted by Crippen LogP contribution is -2.41. The third-order valence-electron chi connectivity index (χ3n) is 3.38. The predicted molar refractivity (Wildman–Crippen MR) is 75.0 cm³/mol. The van der Waals surface area contributed by atoms with Gasteiger partial charge in [0.15, 0.2) is 0 Å². The van der Waals surface area contributed by atoms with Crippen molar-refractivity contribution in [3.63, 3.8) is 0 Å². The number of nitrogen functional groups attached to an aromatic ring is 1. The Bertz CT molecular complexity index is 385. The van der Waals surface area contributed by atoms with Crippen molar-refractivity contribution in [2.75, 3.05) is 32.1 Å². The molecule has 2 unspecified atom stereocenters. The van der Waals surface area contributed by atoms with E-state index in [-0.39, 0.29) is 12.1 Å². The number of nitrogens with zero attached hydrogens (tertiary/aromatic N) is 1. The van der Waals surface area contributed by atoms with Gasteiger partial charge in [-0.05, 0) is 31.5 Å². The molecule has 19 heavy (non-hydrogen) atoms. The van der Waals surface area contributed by atoms with Gasteiger partial charge in [0.2, 0.25) is 0 Å². The number of nitrogens with one attached hydrogen (secondary N) is 1. The van der Waals surface area contributed by atoms with Gasteiger partial charge < -0.3 is 20.5 Å². The molecule has 1 fully saturated rings. The SMILES string of the molecule is CCCNC(c1c(C)ccnc1N)C1COCCO1. The van der Waals surface area contributed by atoms with E-state index in [0.717, 1.165) is 24.1 Å². The molecule has 0 saturated carbocycles. The van der Waals surface area contributed by atoms with E-state index in [1.807, 2.05) is 6.07 Å². The molecule has 1 aromatic heterocycles. The van der Waals surface area contributed by atoms with Gasteiger partial charge in [-0.25, -0.2) is 4.98 Å². The number of pyridine rings is 1. The molecule has 0 spiro atoms. The summed E-state index contributed by atoms with van der Waals surface area (Å²) in [5, 5.41) is 3.51. The molecule has 5 heteroatoms. The van der Waals surface area contributed by atoms with E-state index in [0.29, 0.717) is 25.6 Å². The second-order valence-electron chi connectivity index (χ2n) is 4.84.